The molecule has 20 heavy (non-hydrogen) atoms. The van der Waals surface area contributed by atoms with Gasteiger partial charge in [0.15, 0.2) is 0 Å². The Balaban J connectivity index is 2.00. The lowest BCUT2D eigenvalue weighted by Gasteiger charge is -2.31. The molecule has 0 saturated carbocycles. The molecule has 0 spiro atoms. The zero-order valence-corrected chi connectivity index (χ0v) is 11.7. The van der Waals surface area contributed by atoms with E-state index in [1.54, 1.807) is 13.0 Å². The Labute approximate surface area is 117 Å². The van der Waals surface area contributed by atoms with Crippen LogP contribution in [0.5, 0.6) is 0 Å². The highest BCUT2D eigenvalue weighted by atomic mass is 19.4. The third-order valence-corrected chi connectivity index (χ3v) is 4.10. The van der Waals surface area contributed by atoms with E-state index in [4.69, 9.17) is 5.73 Å². The third kappa shape index (κ3) is 3.73. The molecule has 0 aliphatic carbocycles. The standard InChI is InChI=1S/C15H21F3N2/c1-11-8-14(15(16,17)18)3-2-13(11)10-20-6-4-12(9-19)5-7-20/h2-3,8,12H,4-7,9-10,19H2,1H3. The number of benzene rings is 1. The second-order valence-electron chi connectivity index (χ2n) is 5.59. The molecule has 1 aliphatic heterocycles. The predicted octanol–water partition coefficient (Wildman–Crippen LogP) is 3.18. The molecular formula is C15H21F3N2. The van der Waals surface area contributed by atoms with Crippen molar-refractivity contribution in [1.82, 2.24) is 4.90 Å². The minimum atomic E-state index is -4.26. The van der Waals surface area contributed by atoms with Crippen LogP contribution in [0.25, 0.3) is 0 Å². The van der Waals surface area contributed by atoms with Crippen molar-refractivity contribution in [2.75, 3.05) is 19.6 Å². The van der Waals surface area contributed by atoms with Crippen molar-refractivity contribution in [2.24, 2.45) is 11.7 Å². The van der Waals surface area contributed by atoms with Gasteiger partial charge in [0.05, 0.1) is 5.56 Å². The van der Waals surface area contributed by atoms with Gasteiger partial charge in [0.1, 0.15) is 0 Å². The van der Waals surface area contributed by atoms with E-state index in [1.165, 1.54) is 12.1 Å². The summed E-state index contributed by atoms with van der Waals surface area (Å²) in [5.41, 5.74) is 6.77. The zero-order chi connectivity index (χ0) is 14.8. The van der Waals surface area contributed by atoms with Gasteiger partial charge in [0, 0.05) is 6.54 Å². The molecule has 1 fully saturated rings. The molecule has 0 unspecified atom stereocenters. The van der Waals surface area contributed by atoms with E-state index in [0.717, 1.165) is 44.6 Å². The number of hydrogen-bond donors (Lipinski definition) is 1. The summed E-state index contributed by atoms with van der Waals surface area (Å²) in [4.78, 5) is 2.29. The molecule has 0 amide bonds. The average Bonchev–Trinajstić information content (AvgIpc) is 2.41. The fraction of sp³-hybridized carbons (Fsp3) is 0.600. The number of piperidine rings is 1. The van der Waals surface area contributed by atoms with Gasteiger partial charge in [0.2, 0.25) is 0 Å². The van der Waals surface area contributed by atoms with Crippen LogP contribution in [-0.2, 0) is 12.7 Å². The van der Waals surface area contributed by atoms with E-state index in [9.17, 15) is 13.2 Å². The Bertz CT molecular complexity index is 449. The lowest BCUT2D eigenvalue weighted by atomic mass is 9.96. The Morgan fingerprint density at radius 2 is 1.90 bits per heavy atom. The van der Waals surface area contributed by atoms with Crippen molar-refractivity contribution in [3.05, 3.63) is 34.9 Å². The molecule has 0 bridgehead atoms. The van der Waals surface area contributed by atoms with E-state index in [-0.39, 0.29) is 0 Å². The van der Waals surface area contributed by atoms with Crippen LogP contribution in [0.15, 0.2) is 18.2 Å². The fourth-order valence-electron chi connectivity index (χ4n) is 2.67. The van der Waals surface area contributed by atoms with E-state index >= 15 is 0 Å². The van der Waals surface area contributed by atoms with Gasteiger partial charge in [-0.3, -0.25) is 4.90 Å². The summed E-state index contributed by atoms with van der Waals surface area (Å²) >= 11 is 0. The molecule has 2 N–H and O–H groups in total. The van der Waals surface area contributed by atoms with E-state index in [1.807, 2.05) is 0 Å². The highest BCUT2D eigenvalue weighted by Gasteiger charge is 2.30. The van der Waals surface area contributed by atoms with Gasteiger partial charge >= 0.3 is 6.18 Å². The average molecular weight is 286 g/mol. The van der Waals surface area contributed by atoms with Crippen LogP contribution in [0.2, 0.25) is 0 Å². The maximum Gasteiger partial charge on any atom is 0.416 e. The highest BCUT2D eigenvalue weighted by molar-refractivity contribution is 5.32. The number of likely N-dealkylation sites (tertiary alicyclic amines) is 1. The summed E-state index contributed by atoms with van der Waals surface area (Å²) in [5.74, 6) is 0.597. The van der Waals surface area contributed by atoms with Crippen molar-refractivity contribution in [2.45, 2.75) is 32.5 Å². The summed E-state index contributed by atoms with van der Waals surface area (Å²) in [6.07, 6.45) is -2.10. The van der Waals surface area contributed by atoms with Gasteiger partial charge in [-0.2, -0.15) is 13.2 Å². The highest BCUT2D eigenvalue weighted by Crippen LogP contribution is 2.31. The number of aryl methyl sites for hydroxylation is 1. The van der Waals surface area contributed by atoms with Crippen molar-refractivity contribution < 1.29 is 13.2 Å². The number of rotatable bonds is 3. The monoisotopic (exact) mass is 286 g/mol. The maximum absolute atomic E-state index is 12.6. The van der Waals surface area contributed by atoms with Gasteiger partial charge in [-0.1, -0.05) is 6.07 Å². The number of halogens is 3. The SMILES string of the molecule is Cc1cc(C(F)(F)F)ccc1CN1CCC(CN)CC1. The summed E-state index contributed by atoms with van der Waals surface area (Å²) in [7, 11) is 0. The molecule has 1 saturated heterocycles. The first kappa shape index (κ1) is 15.3. The smallest absolute Gasteiger partial charge is 0.330 e. The molecule has 1 heterocycles. The summed E-state index contributed by atoms with van der Waals surface area (Å²) in [5, 5.41) is 0. The fourth-order valence-corrected chi connectivity index (χ4v) is 2.67. The minimum absolute atomic E-state index is 0.569. The summed E-state index contributed by atoms with van der Waals surface area (Å²) < 4.78 is 37.9. The molecule has 0 atom stereocenters. The minimum Gasteiger partial charge on any atom is -0.330 e. The number of nitrogens with two attached hydrogens (primary N) is 1. The molecule has 1 aliphatic rings. The molecule has 1 aromatic carbocycles. The van der Waals surface area contributed by atoms with Crippen LogP contribution >= 0.6 is 0 Å². The van der Waals surface area contributed by atoms with Crippen LogP contribution in [0, 0.1) is 12.8 Å². The molecule has 0 aromatic heterocycles. The predicted molar refractivity (Wildman–Crippen MR) is 73.2 cm³/mol. The zero-order valence-electron chi connectivity index (χ0n) is 11.7. The second kappa shape index (κ2) is 6.14. The van der Waals surface area contributed by atoms with Crippen LogP contribution in [-0.4, -0.2) is 24.5 Å². The lowest BCUT2D eigenvalue weighted by Crippen LogP contribution is -2.35. The topological polar surface area (TPSA) is 29.3 Å². The van der Waals surface area contributed by atoms with Crippen LogP contribution in [0.4, 0.5) is 13.2 Å². The maximum atomic E-state index is 12.6. The summed E-state index contributed by atoms with van der Waals surface area (Å²) in [6, 6.07) is 4.02. The normalized spacial score (nSPS) is 18.4. The molecule has 5 heteroatoms. The molecular weight excluding hydrogens is 265 g/mol. The quantitative estimate of drug-likeness (QED) is 0.924. The van der Waals surface area contributed by atoms with Crippen LogP contribution in [0.1, 0.15) is 29.5 Å². The number of alkyl halides is 3. The molecule has 112 valence electrons. The van der Waals surface area contributed by atoms with Gasteiger partial charge in [-0.05, 0) is 68.6 Å². The first-order valence-corrected chi connectivity index (χ1v) is 6.99. The van der Waals surface area contributed by atoms with Crippen molar-refractivity contribution in [3.63, 3.8) is 0 Å². The van der Waals surface area contributed by atoms with Crippen molar-refractivity contribution >= 4 is 0 Å². The molecule has 1 aromatic rings. The Morgan fingerprint density at radius 3 is 2.40 bits per heavy atom. The first-order chi connectivity index (χ1) is 9.40. The first-order valence-electron chi connectivity index (χ1n) is 6.99. The van der Waals surface area contributed by atoms with Gasteiger partial charge in [0.25, 0.3) is 0 Å². The summed E-state index contributed by atoms with van der Waals surface area (Å²) in [6.45, 7) is 5.15. The second-order valence-corrected chi connectivity index (χ2v) is 5.59. The third-order valence-electron chi connectivity index (χ3n) is 4.10. The van der Waals surface area contributed by atoms with E-state index in [0.29, 0.717) is 11.5 Å². The largest absolute Gasteiger partial charge is 0.416 e. The number of hydrogen-bond acceptors (Lipinski definition) is 2. The Morgan fingerprint density at radius 1 is 1.25 bits per heavy atom. The van der Waals surface area contributed by atoms with Crippen LogP contribution in [0.3, 0.4) is 0 Å². The van der Waals surface area contributed by atoms with Crippen LogP contribution < -0.4 is 5.73 Å². The van der Waals surface area contributed by atoms with E-state index < -0.39 is 11.7 Å². The van der Waals surface area contributed by atoms with Gasteiger partial charge < -0.3 is 5.73 Å². The Kier molecular flexibility index (Phi) is 4.70. The Hall–Kier alpha value is -1.07. The van der Waals surface area contributed by atoms with Gasteiger partial charge in [-0.25, -0.2) is 0 Å². The lowest BCUT2D eigenvalue weighted by molar-refractivity contribution is -0.137. The van der Waals surface area contributed by atoms with Crippen molar-refractivity contribution in [1.29, 1.82) is 0 Å². The van der Waals surface area contributed by atoms with E-state index in [2.05, 4.69) is 4.90 Å². The molecule has 2 nitrogen and oxygen atoms in total. The molecule has 0 radical (unpaired) electrons. The number of nitrogens with zero attached hydrogens (tertiary/aromatic N) is 1. The van der Waals surface area contributed by atoms with Gasteiger partial charge in [-0.15, -0.1) is 0 Å². The van der Waals surface area contributed by atoms with Crippen molar-refractivity contribution in [3.8, 4) is 0 Å². The molecule has 2 rings (SSSR count).